The molecule has 4 heteroatoms. The number of aromatic nitrogens is 1. The molecule has 0 unspecified atom stereocenters. The highest BCUT2D eigenvalue weighted by molar-refractivity contribution is 9.10. The van der Waals surface area contributed by atoms with Crippen molar-refractivity contribution in [3.05, 3.63) is 46.1 Å². The molecule has 1 aromatic heterocycles. The number of pyridine rings is 1. The summed E-state index contributed by atoms with van der Waals surface area (Å²) in [5.41, 5.74) is 8.62. The van der Waals surface area contributed by atoms with E-state index in [1.54, 1.807) is 6.20 Å². The van der Waals surface area contributed by atoms with Crippen molar-refractivity contribution in [3.63, 3.8) is 0 Å². The van der Waals surface area contributed by atoms with E-state index in [1.165, 1.54) is 5.56 Å². The molecule has 0 spiro atoms. The summed E-state index contributed by atoms with van der Waals surface area (Å²) < 4.78 is 6.62. The van der Waals surface area contributed by atoms with Gasteiger partial charge in [0.05, 0.1) is 16.4 Å². The fraction of sp³-hybridized carbons (Fsp3) is 0.267. The standard InChI is InChI=1S/C15H17BrN2O/c1-9(2)11-5-4-6-12(7-11)19-15-14(16)10(3)13(17)8-18-15/h4-9H,17H2,1-3H3. The Hall–Kier alpha value is -1.55. The second-order valence-electron chi connectivity index (χ2n) is 4.79. The van der Waals surface area contributed by atoms with E-state index in [-0.39, 0.29) is 0 Å². The van der Waals surface area contributed by atoms with E-state index in [0.717, 1.165) is 15.8 Å². The molecule has 0 saturated carbocycles. The van der Waals surface area contributed by atoms with Gasteiger partial charge in [0, 0.05) is 0 Å². The van der Waals surface area contributed by atoms with Crippen LogP contribution in [-0.4, -0.2) is 4.98 Å². The summed E-state index contributed by atoms with van der Waals surface area (Å²) in [6.45, 7) is 6.24. The SMILES string of the molecule is Cc1c(N)cnc(Oc2cccc(C(C)C)c2)c1Br. The average Bonchev–Trinajstić information content (AvgIpc) is 2.40. The van der Waals surface area contributed by atoms with Gasteiger partial charge >= 0.3 is 0 Å². The van der Waals surface area contributed by atoms with E-state index < -0.39 is 0 Å². The van der Waals surface area contributed by atoms with E-state index in [2.05, 4.69) is 40.8 Å². The zero-order valence-electron chi connectivity index (χ0n) is 11.3. The van der Waals surface area contributed by atoms with Gasteiger partial charge in [-0.3, -0.25) is 0 Å². The van der Waals surface area contributed by atoms with Crippen LogP contribution in [0.3, 0.4) is 0 Å². The third kappa shape index (κ3) is 3.07. The molecule has 0 amide bonds. The van der Waals surface area contributed by atoms with Crippen LogP contribution in [0.15, 0.2) is 34.9 Å². The van der Waals surface area contributed by atoms with Crippen LogP contribution in [0.1, 0.15) is 30.9 Å². The Morgan fingerprint density at radius 2 is 2.05 bits per heavy atom. The molecular formula is C15H17BrN2O. The van der Waals surface area contributed by atoms with Gasteiger partial charge in [0.2, 0.25) is 5.88 Å². The smallest absolute Gasteiger partial charge is 0.233 e. The van der Waals surface area contributed by atoms with Crippen molar-refractivity contribution in [1.82, 2.24) is 4.98 Å². The maximum Gasteiger partial charge on any atom is 0.233 e. The Bertz CT molecular complexity index is 597. The molecule has 2 aromatic rings. The number of halogens is 1. The predicted molar refractivity (Wildman–Crippen MR) is 81.7 cm³/mol. The molecular weight excluding hydrogens is 304 g/mol. The molecule has 0 atom stereocenters. The Labute approximate surface area is 121 Å². The van der Waals surface area contributed by atoms with Crippen molar-refractivity contribution < 1.29 is 4.74 Å². The van der Waals surface area contributed by atoms with Crippen LogP contribution in [0.5, 0.6) is 11.6 Å². The van der Waals surface area contributed by atoms with Crippen LogP contribution in [0.4, 0.5) is 5.69 Å². The van der Waals surface area contributed by atoms with E-state index in [4.69, 9.17) is 10.5 Å². The minimum absolute atomic E-state index is 0.466. The van der Waals surface area contributed by atoms with Crippen LogP contribution in [0, 0.1) is 6.92 Å². The molecule has 0 bridgehead atoms. The Balaban J connectivity index is 2.31. The topological polar surface area (TPSA) is 48.1 Å². The molecule has 100 valence electrons. The van der Waals surface area contributed by atoms with E-state index >= 15 is 0 Å². The molecule has 0 aliphatic carbocycles. The first-order valence-corrected chi connectivity index (χ1v) is 6.96. The molecule has 2 N–H and O–H groups in total. The van der Waals surface area contributed by atoms with Crippen molar-refractivity contribution in [2.75, 3.05) is 5.73 Å². The van der Waals surface area contributed by atoms with Gasteiger partial charge in [-0.05, 0) is 52.0 Å². The summed E-state index contributed by atoms with van der Waals surface area (Å²) in [5, 5.41) is 0. The number of hydrogen-bond acceptors (Lipinski definition) is 3. The zero-order valence-corrected chi connectivity index (χ0v) is 12.9. The highest BCUT2D eigenvalue weighted by Gasteiger charge is 2.10. The van der Waals surface area contributed by atoms with Crippen molar-refractivity contribution in [3.8, 4) is 11.6 Å². The van der Waals surface area contributed by atoms with Crippen LogP contribution in [0.25, 0.3) is 0 Å². The summed E-state index contributed by atoms with van der Waals surface area (Å²) in [6.07, 6.45) is 1.61. The maximum absolute atomic E-state index is 5.82. The number of benzene rings is 1. The molecule has 3 nitrogen and oxygen atoms in total. The molecule has 0 aliphatic heterocycles. The molecule has 0 radical (unpaired) electrons. The highest BCUT2D eigenvalue weighted by Crippen LogP contribution is 2.33. The third-order valence-electron chi connectivity index (χ3n) is 3.01. The Morgan fingerprint density at radius 3 is 2.74 bits per heavy atom. The quantitative estimate of drug-likeness (QED) is 0.895. The second kappa shape index (κ2) is 5.61. The summed E-state index contributed by atoms with van der Waals surface area (Å²) in [7, 11) is 0. The largest absolute Gasteiger partial charge is 0.438 e. The van der Waals surface area contributed by atoms with Gasteiger partial charge in [-0.25, -0.2) is 4.98 Å². The molecule has 0 saturated heterocycles. The summed E-state index contributed by atoms with van der Waals surface area (Å²) in [4.78, 5) is 4.21. The maximum atomic E-state index is 5.82. The Morgan fingerprint density at radius 1 is 1.32 bits per heavy atom. The summed E-state index contributed by atoms with van der Waals surface area (Å²) in [5.74, 6) is 1.78. The Kier molecular flexibility index (Phi) is 4.10. The minimum atomic E-state index is 0.466. The van der Waals surface area contributed by atoms with Crippen LogP contribution in [-0.2, 0) is 0 Å². The first-order chi connectivity index (χ1) is 8.99. The number of ether oxygens (including phenoxy) is 1. The monoisotopic (exact) mass is 320 g/mol. The fourth-order valence-corrected chi connectivity index (χ4v) is 2.10. The number of hydrogen-bond donors (Lipinski definition) is 1. The molecule has 1 aromatic carbocycles. The van der Waals surface area contributed by atoms with Crippen molar-refractivity contribution in [2.24, 2.45) is 0 Å². The van der Waals surface area contributed by atoms with Gasteiger partial charge in [-0.15, -0.1) is 0 Å². The lowest BCUT2D eigenvalue weighted by atomic mass is 10.0. The van der Waals surface area contributed by atoms with Crippen LogP contribution < -0.4 is 10.5 Å². The van der Waals surface area contributed by atoms with Crippen molar-refractivity contribution in [1.29, 1.82) is 0 Å². The predicted octanol–water partition coefficient (Wildman–Crippen LogP) is 4.65. The number of nitrogen functional groups attached to an aromatic ring is 1. The van der Waals surface area contributed by atoms with E-state index in [0.29, 0.717) is 17.5 Å². The third-order valence-corrected chi connectivity index (χ3v) is 3.94. The van der Waals surface area contributed by atoms with Crippen LogP contribution >= 0.6 is 15.9 Å². The number of nitrogens with two attached hydrogens (primary N) is 1. The van der Waals surface area contributed by atoms with E-state index in [9.17, 15) is 0 Å². The van der Waals surface area contributed by atoms with Gasteiger partial charge < -0.3 is 10.5 Å². The zero-order chi connectivity index (χ0) is 14.0. The van der Waals surface area contributed by atoms with Crippen LogP contribution in [0.2, 0.25) is 0 Å². The molecule has 2 rings (SSSR count). The van der Waals surface area contributed by atoms with Gasteiger partial charge in [0.1, 0.15) is 5.75 Å². The lowest BCUT2D eigenvalue weighted by Gasteiger charge is -2.11. The molecule has 0 fully saturated rings. The number of rotatable bonds is 3. The van der Waals surface area contributed by atoms with Gasteiger partial charge in [-0.1, -0.05) is 26.0 Å². The molecule has 0 aliphatic rings. The van der Waals surface area contributed by atoms with E-state index in [1.807, 2.05) is 25.1 Å². The van der Waals surface area contributed by atoms with Gasteiger partial charge in [-0.2, -0.15) is 0 Å². The highest BCUT2D eigenvalue weighted by atomic mass is 79.9. The van der Waals surface area contributed by atoms with Gasteiger partial charge in [0.25, 0.3) is 0 Å². The lowest BCUT2D eigenvalue weighted by Crippen LogP contribution is -1.97. The lowest BCUT2D eigenvalue weighted by molar-refractivity contribution is 0.458. The van der Waals surface area contributed by atoms with Gasteiger partial charge in [0.15, 0.2) is 0 Å². The fourth-order valence-electron chi connectivity index (χ4n) is 1.69. The second-order valence-corrected chi connectivity index (χ2v) is 5.58. The normalized spacial score (nSPS) is 10.8. The summed E-state index contributed by atoms with van der Waals surface area (Å²) in [6, 6.07) is 8.03. The molecule has 1 heterocycles. The van der Waals surface area contributed by atoms with Crippen molar-refractivity contribution in [2.45, 2.75) is 26.7 Å². The number of anilines is 1. The average molecular weight is 321 g/mol. The first-order valence-electron chi connectivity index (χ1n) is 6.17. The first kappa shape index (κ1) is 13.9. The molecule has 19 heavy (non-hydrogen) atoms. The number of nitrogens with zero attached hydrogens (tertiary/aromatic N) is 1. The minimum Gasteiger partial charge on any atom is -0.438 e. The summed E-state index contributed by atoms with van der Waals surface area (Å²) >= 11 is 3.47. The van der Waals surface area contributed by atoms with Crippen molar-refractivity contribution >= 4 is 21.6 Å².